The maximum absolute atomic E-state index is 12.0. The molecule has 0 aliphatic rings. The molecule has 4 N–H and O–H groups in total. The minimum atomic E-state index is 0.0485. The number of benzene rings is 1. The number of carbonyl (C=O) groups is 1. The van der Waals surface area contributed by atoms with Gasteiger partial charge in [0.15, 0.2) is 0 Å². The van der Waals surface area contributed by atoms with Crippen LogP contribution in [-0.2, 0) is 11.2 Å². The number of rotatable bonds is 10. The Morgan fingerprint density at radius 2 is 1.83 bits per heavy atom. The largest absolute Gasteiger partial charge is 0.383 e. The first-order chi connectivity index (χ1) is 13.9. The summed E-state index contributed by atoms with van der Waals surface area (Å²) in [7, 11) is 0. The average Bonchev–Trinajstić information content (AvgIpc) is 3.24. The van der Waals surface area contributed by atoms with E-state index in [1.807, 2.05) is 41.1 Å². The Balaban J connectivity index is 2.12. The zero-order chi connectivity index (χ0) is 21.2. The summed E-state index contributed by atoms with van der Waals surface area (Å²) >= 11 is 1.60. The number of amides is 1. The van der Waals surface area contributed by atoms with Crippen molar-refractivity contribution in [1.82, 2.24) is 5.32 Å². The van der Waals surface area contributed by atoms with Crippen LogP contribution in [0.15, 0.2) is 57.5 Å². The van der Waals surface area contributed by atoms with Gasteiger partial charge in [-0.2, -0.15) is 11.3 Å². The van der Waals surface area contributed by atoms with Gasteiger partial charge in [0.1, 0.15) is 11.7 Å². The van der Waals surface area contributed by atoms with Crippen molar-refractivity contribution >= 4 is 28.8 Å². The van der Waals surface area contributed by atoms with Crippen molar-refractivity contribution < 1.29 is 4.79 Å². The molecule has 0 unspecified atom stereocenters. The number of hydrogen-bond donors (Lipinski definition) is 3. The van der Waals surface area contributed by atoms with Crippen molar-refractivity contribution in [3.63, 3.8) is 0 Å². The number of anilines is 1. The lowest BCUT2D eigenvalue weighted by atomic mass is 10.1. The van der Waals surface area contributed by atoms with Crippen LogP contribution in [0, 0.1) is 5.92 Å². The van der Waals surface area contributed by atoms with Crippen LogP contribution in [0.4, 0.5) is 5.69 Å². The fourth-order valence-electron chi connectivity index (χ4n) is 2.78. The molecule has 0 saturated carbocycles. The highest BCUT2D eigenvalue weighted by atomic mass is 32.1. The number of nitrogens with two attached hydrogens (primary N) is 1. The molecule has 29 heavy (non-hydrogen) atoms. The van der Waals surface area contributed by atoms with Gasteiger partial charge in [-0.15, -0.1) is 0 Å². The normalized spacial score (nSPS) is 11.4. The number of carbonyl (C=O) groups excluding carboxylic acids is 1. The van der Waals surface area contributed by atoms with E-state index < -0.39 is 0 Å². The van der Waals surface area contributed by atoms with Crippen LogP contribution in [0.5, 0.6) is 0 Å². The van der Waals surface area contributed by atoms with Gasteiger partial charge in [-0.1, -0.05) is 39.8 Å². The van der Waals surface area contributed by atoms with Crippen LogP contribution in [0.25, 0.3) is 0 Å². The molecule has 0 atom stereocenters. The van der Waals surface area contributed by atoms with Crippen LogP contribution in [0.2, 0.25) is 0 Å². The number of nitrogens with one attached hydrogen (secondary N) is 2. The Labute approximate surface area is 178 Å². The first-order valence-corrected chi connectivity index (χ1v) is 11.1. The summed E-state index contributed by atoms with van der Waals surface area (Å²) in [6, 6.07) is 9.86. The van der Waals surface area contributed by atoms with Gasteiger partial charge in [0.05, 0.1) is 6.42 Å². The Morgan fingerprint density at radius 3 is 2.38 bits per heavy atom. The molecule has 0 bridgehead atoms. The molecule has 1 aromatic heterocycles. The van der Waals surface area contributed by atoms with E-state index in [4.69, 9.17) is 5.73 Å². The van der Waals surface area contributed by atoms with Crippen molar-refractivity contribution in [2.75, 3.05) is 11.9 Å². The number of amidine groups is 1. The fraction of sp³-hybridized carbons (Fsp3) is 0.391. The van der Waals surface area contributed by atoms with Gasteiger partial charge in [0.25, 0.3) is 0 Å². The Hall–Kier alpha value is -2.60. The van der Waals surface area contributed by atoms with Gasteiger partial charge in [0, 0.05) is 23.2 Å². The third-order valence-electron chi connectivity index (χ3n) is 4.53. The molecule has 0 spiro atoms. The van der Waals surface area contributed by atoms with E-state index in [1.165, 1.54) is 5.57 Å². The van der Waals surface area contributed by atoms with Crippen molar-refractivity contribution in [2.24, 2.45) is 16.6 Å². The minimum absolute atomic E-state index is 0.0485. The molecule has 6 heteroatoms. The van der Waals surface area contributed by atoms with Gasteiger partial charge >= 0.3 is 0 Å². The van der Waals surface area contributed by atoms with Gasteiger partial charge < -0.3 is 16.4 Å². The van der Waals surface area contributed by atoms with Crippen LogP contribution in [-0.4, -0.2) is 18.3 Å². The molecular formula is C23H32N4OS. The molecule has 0 radical (unpaired) electrons. The van der Waals surface area contributed by atoms with E-state index in [2.05, 4.69) is 43.3 Å². The number of nitrogens with zero attached hydrogens (tertiary/aromatic N) is 1. The zero-order valence-corrected chi connectivity index (χ0v) is 18.6. The maximum Gasteiger partial charge on any atom is 0.224 e. The van der Waals surface area contributed by atoms with E-state index in [1.54, 1.807) is 11.3 Å². The molecule has 1 amide bonds. The Bertz CT molecular complexity index is 830. The summed E-state index contributed by atoms with van der Waals surface area (Å²) in [5.41, 5.74) is 10.3. The van der Waals surface area contributed by atoms with E-state index >= 15 is 0 Å². The van der Waals surface area contributed by atoms with Gasteiger partial charge in [0.2, 0.25) is 5.91 Å². The number of thiophene rings is 1. The van der Waals surface area contributed by atoms with Crippen molar-refractivity contribution in [3.05, 3.63) is 63.6 Å². The van der Waals surface area contributed by atoms with Crippen LogP contribution >= 0.6 is 11.3 Å². The molecule has 156 valence electrons. The number of hydrogen-bond acceptors (Lipinski definition) is 4. The zero-order valence-electron chi connectivity index (χ0n) is 17.8. The summed E-state index contributed by atoms with van der Waals surface area (Å²) in [5, 5.41) is 10.3. The van der Waals surface area contributed by atoms with Gasteiger partial charge in [-0.05, 0) is 53.5 Å². The first kappa shape index (κ1) is 22.7. The second kappa shape index (κ2) is 11.4. The van der Waals surface area contributed by atoms with E-state index in [0.29, 0.717) is 24.7 Å². The molecular weight excluding hydrogens is 380 g/mol. The molecule has 0 aliphatic heterocycles. The minimum Gasteiger partial charge on any atom is -0.383 e. The summed E-state index contributed by atoms with van der Waals surface area (Å²) in [5.74, 6) is 1.80. The predicted molar refractivity (Wildman–Crippen MR) is 124 cm³/mol. The van der Waals surface area contributed by atoms with Crippen LogP contribution < -0.4 is 16.4 Å². The van der Waals surface area contributed by atoms with E-state index in [0.717, 1.165) is 35.5 Å². The molecule has 0 aliphatic carbocycles. The molecule has 1 aromatic carbocycles. The van der Waals surface area contributed by atoms with Crippen LogP contribution in [0.1, 0.15) is 51.7 Å². The van der Waals surface area contributed by atoms with Gasteiger partial charge in [-0.25, -0.2) is 4.99 Å². The quantitative estimate of drug-likeness (QED) is 0.383. The monoisotopic (exact) mass is 412 g/mol. The van der Waals surface area contributed by atoms with E-state index in [9.17, 15) is 4.79 Å². The number of allylic oxidation sites excluding steroid dienone is 1. The van der Waals surface area contributed by atoms with Crippen molar-refractivity contribution in [3.8, 4) is 0 Å². The predicted octanol–water partition coefficient (Wildman–Crippen LogP) is 4.91. The highest BCUT2D eigenvalue weighted by Crippen LogP contribution is 2.20. The molecule has 0 saturated heterocycles. The summed E-state index contributed by atoms with van der Waals surface area (Å²) in [4.78, 5) is 16.7. The molecule has 2 aromatic rings. The second-order valence-corrected chi connectivity index (χ2v) is 8.14. The Morgan fingerprint density at radius 1 is 1.14 bits per heavy atom. The molecule has 1 heterocycles. The SMILES string of the molecule is CCC(CC)=C(/N=C(\N)c1ccsc1)Nc1ccc(CC(=O)NCC(C)C)cc1. The summed E-state index contributed by atoms with van der Waals surface area (Å²) in [6.07, 6.45) is 2.18. The highest BCUT2D eigenvalue weighted by Gasteiger charge is 2.08. The standard InChI is InChI=1S/C23H32N4OS/c1-5-18(6-2)23(27-22(24)19-11-12-29-15-19)26-20-9-7-17(8-10-20)13-21(28)25-14-16(3)4/h7-12,15-16,26H,5-6,13-14H2,1-4H3,(H2,24,27)(H,25,28). The maximum atomic E-state index is 12.0. The lowest BCUT2D eigenvalue weighted by Crippen LogP contribution is -2.28. The first-order valence-electron chi connectivity index (χ1n) is 10.1. The Kier molecular flexibility index (Phi) is 8.93. The van der Waals surface area contributed by atoms with Crippen molar-refractivity contribution in [1.29, 1.82) is 0 Å². The second-order valence-electron chi connectivity index (χ2n) is 7.36. The average molecular weight is 413 g/mol. The summed E-state index contributed by atoms with van der Waals surface area (Å²) < 4.78 is 0. The number of aliphatic imine (C=N–C) groups is 1. The topological polar surface area (TPSA) is 79.5 Å². The molecule has 2 rings (SSSR count). The lowest BCUT2D eigenvalue weighted by Gasteiger charge is -2.13. The van der Waals surface area contributed by atoms with Crippen LogP contribution in [0.3, 0.4) is 0 Å². The van der Waals surface area contributed by atoms with Gasteiger partial charge in [-0.3, -0.25) is 4.79 Å². The smallest absolute Gasteiger partial charge is 0.224 e. The fourth-order valence-corrected chi connectivity index (χ4v) is 3.43. The van der Waals surface area contributed by atoms with E-state index in [-0.39, 0.29) is 5.91 Å². The third-order valence-corrected chi connectivity index (χ3v) is 5.21. The lowest BCUT2D eigenvalue weighted by molar-refractivity contribution is -0.120. The van der Waals surface area contributed by atoms with Crippen molar-refractivity contribution in [2.45, 2.75) is 47.0 Å². The molecule has 5 nitrogen and oxygen atoms in total. The highest BCUT2D eigenvalue weighted by molar-refractivity contribution is 7.08. The molecule has 0 fully saturated rings. The third kappa shape index (κ3) is 7.38. The summed E-state index contributed by atoms with van der Waals surface area (Å²) in [6.45, 7) is 9.11.